The minimum Gasteiger partial charge on any atom is -0.491 e. The highest BCUT2D eigenvalue weighted by molar-refractivity contribution is 6.32. The van der Waals surface area contributed by atoms with Crippen LogP contribution in [-0.4, -0.2) is 24.4 Å². The molecule has 2 aromatic carbocycles. The number of aliphatic hydroxyl groups is 1. The molecule has 0 fully saturated rings. The second kappa shape index (κ2) is 7.15. The lowest BCUT2D eigenvalue weighted by Gasteiger charge is -2.14. The first-order valence-corrected chi connectivity index (χ1v) is 6.66. The van der Waals surface area contributed by atoms with E-state index in [1.54, 1.807) is 24.3 Å². The van der Waals surface area contributed by atoms with E-state index >= 15 is 0 Å². The van der Waals surface area contributed by atoms with Crippen molar-refractivity contribution >= 4 is 17.3 Å². The molecule has 0 heterocycles. The van der Waals surface area contributed by atoms with Crippen molar-refractivity contribution < 1.29 is 19.0 Å². The van der Waals surface area contributed by atoms with Crippen LogP contribution in [0.5, 0.6) is 11.5 Å². The van der Waals surface area contributed by atoms with Gasteiger partial charge in [-0.3, -0.25) is 0 Å². The summed E-state index contributed by atoms with van der Waals surface area (Å²) in [4.78, 5) is 0. The smallest absolute Gasteiger partial charge is 0.138 e. The predicted molar refractivity (Wildman–Crippen MR) is 79.3 cm³/mol. The van der Waals surface area contributed by atoms with Gasteiger partial charge in [0.2, 0.25) is 0 Å². The first kappa shape index (κ1) is 15.4. The lowest BCUT2D eigenvalue weighted by atomic mass is 10.3. The summed E-state index contributed by atoms with van der Waals surface area (Å²) < 4.78 is 23.6. The second-order valence-electron chi connectivity index (χ2n) is 4.42. The molecule has 3 N–H and O–H groups in total. The number of nitrogens with two attached hydrogens (primary N) is 1. The number of rotatable bonds is 6. The van der Waals surface area contributed by atoms with Crippen LogP contribution in [0.3, 0.4) is 0 Å². The average Bonchev–Trinajstić information content (AvgIpc) is 2.44. The molecule has 112 valence electrons. The number of benzene rings is 2. The molecule has 0 aromatic heterocycles. The van der Waals surface area contributed by atoms with Gasteiger partial charge in [-0.1, -0.05) is 17.7 Å². The number of hydrogen-bond acceptors (Lipinski definition) is 4. The summed E-state index contributed by atoms with van der Waals surface area (Å²) in [6, 6.07) is 10.7. The zero-order chi connectivity index (χ0) is 15.2. The summed E-state index contributed by atoms with van der Waals surface area (Å²) in [5.74, 6) is 0.424. The van der Waals surface area contributed by atoms with Crippen LogP contribution >= 0.6 is 11.6 Å². The molecule has 0 bridgehead atoms. The molecule has 1 unspecified atom stereocenters. The highest BCUT2D eigenvalue weighted by Crippen LogP contribution is 2.25. The lowest BCUT2D eigenvalue weighted by molar-refractivity contribution is 0.0627. The Kier molecular flexibility index (Phi) is 5.25. The van der Waals surface area contributed by atoms with Gasteiger partial charge in [0.15, 0.2) is 0 Å². The van der Waals surface area contributed by atoms with Gasteiger partial charge in [0, 0.05) is 11.8 Å². The molecule has 0 amide bonds. The minimum absolute atomic E-state index is 0.0202. The third-order valence-corrected chi connectivity index (χ3v) is 2.92. The Balaban J connectivity index is 1.80. The number of nitrogen functional groups attached to an aromatic ring is 1. The number of halogens is 2. The van der Waals surface area contributed by atoms with Crippen LogP contribution in [0.1, 0.15) is 0 Å². The van der Waals surface area contributed by atoms with E-state index in [2.05, 4.69) is 0 Å². The van der Waals surface area contributed by atoms with Gasteiger partial charge in [0.25, 0.3) is 0 Å². The molecule has 21 heavy (non-hydrogen) atoms. The van der Waals surface area contributed by atoms with Crippen molar-refractivity contribution in [1.82, 2.24) is 0 Å². The van der Waals surface area contributed by atoms with Gasteiger partial charge in [-0.15, -0.1) is 0 Å². The van der Waals surface area contributed by atoms with Crippen LogP contribution in [0.15, 0.2) is 42.5 Å². The van der Waals surface area contributed by atoms with Crippen LogP contribution in [0.4, 0.5) is 10.1 Å². The van der Waals surface area contributed by atoms with Gasteiger partial charge < -0.3 is 20.3 Å². The highest BCUT2D eigenvalue weighted by atomic mass is 35.5. The molecule has 0 aliphatic rings. The lowest BCUT2D eigenvalue weighted by Crippen LogP contribution is -2.25. The zero-order valence-electron chi connectivity index (χ0n) is 11.1. The van der Waals surface area contributed by atoms with Crippen LogP contribution in [0.25, 0.3) is 0 Å². The number of hydrogen-bond donors (Lipinski definition) is 2. The van der Waals surface area contributed by atoms with E-state index in [0.717, 1.165) is 6.07 Å². The maximum Gasteiger partial charge on any atom is 0.138 e. The first-order valence-electron chi connectivity index (χ1n) is 6.29. The fourth-order valence-electron chi connectivity index (χ4n) is 1.62. The summed E-state index contributed by atoms with van der Waals surface area (Å²) >= 11 is 5.81. The average molecular weight is 312 g/mol. The van der Waals surface area contributed by atoms with Gasteiger partial charge in [-0.05, 0) is 30.3 Å². The highest BCUT2D eigenvalue weighted by Gasteiger charge is 2.09. The molecule has 4 nitrogen and oxygen atoms in total. The molecule has 0 saturated heterocycles. The SMILES string of the molecule is Nc1cccc(OCC(O)COc2ccc(F)cc2Cl)c1. The summed E-state index contributed by atoms with van der Waals surface area (Å²) in [7, 11) is 0. The summed E-state index contributed by atoms with van der Waals surface area (Å²) in [5, 5.41) is 9.94. The third-order valence-electron chi connectivity index (χ3n) is 2.63. The largest absolute Gasteiger partial charge is 0.491 e. The first-order chi connectivity index (χ1) is 10.0. The third kappa shape index (κ3) is 4.81. The standard InChI is InChI=1S/C15H15ClFNO3/c16-14-6-10(17)4-5-15(14)21-9-12(19)8-20-13-3-1-2-11(18)7-13/h1-7,12,19H,8-9,18H2. The van der Waals surface area contributed by atoms with Gasteiger partial charge >= 0.3 is 0 Å². The molecule has 6 heteroatoms. The molecule has 1 atom stereocenters. The molecule has 2 aromatic rings. The fraction of sp³-hybridized carbons (Fsp3) is 0.200. The van der Waals surface area contributed by atoms with Crippen molar-refractivity contribution in [2.45, 2.75) is 6.10 Å². The molecule has 0 saturated carbocycles. The van der Waals surface area contributed by atoms with E-state index in [4.69, 9.17) is 26.8 Å². The van der Waals surface area contributed by atoms with Crippen LogP contribution in [0.2, 0.25) is 5.02 Å². The normalized spacial score (nSPS) is 12.0. The Morgan fingerprint density at radius 1 is 1.14 bits per heavy atom. The van der Waals surface area contributed by atoms with Gasteiger partial charge in [0.1, 0.15) is 36.6 Å². The topological polar surface area (TPSA) is 64.7 Å². The quantitative estimate of drug-likeness (QED) is 0.805. The minimum atomic E-state index is -0.854. The molecule has 0 aliphatic carbocycles. The predicted octanol–water partition coefficient (Wildman–Crippen LogP) is 2.88. The Morgan fingerprint density at radius 3 is 2.62 bits per heavy atom. The van der Waals surface area contributed by atoms with Crippen LogP contribution < -0.4 is 15.2 Å². The van der Waals surface area contributed by atoms with Crippen molar-refractivity contribution in [3.63, 3.8) is 0 Å². The zero-order valence-corrected chi connectivity index (χ0v) is 11.9. The van der Waals surface area contributed by atoms with Gasteiger partial charge in [0.05, 0.1) is 5.02 Å². The van der Waals surface area contributed by atoms with Crippen molar-refractivity contribution in [2.75, 3.05) is 18.9 Å². The van der Waals surface area contributed by atoms with E-state index in [0.29, 0.717) is 17.2 Å². The van der Waals surface area contributed by atoms with Crippen molar-refractivity contribution in [3.8, 4) is 11.5 Å². The molecule has 2 rings (SSSR count). The Labute approximate surface area is 126 Å². The number of aliphatic hydroxyl groups excluding tert-OH is 1. The summed E-state index contributed by atoms with van der Waals surface area (Å²) in [6.07, 6.45) is -0.854. The molecular formula is C15H15ClFNO3. The monoisotopic (exact) mass is 311 g/mol. The van der Waals surface area contributed by atoms with E-state index < -0.39 is 11.9 Å². The van der Waals surface area contributed by atoms with E-state index in [-0.39, 0.29) is 18.2 Å². The molecule has 0 radical (unpaired) electrons. The second-order valence-corrected chi connectivity index (χ2v) is 4.83. The Bertz CT molecular complexity index is 609. The van der Waals surface area contributed by atoms with Crippen LogP contribution in [-0.2, 0) is 0 Å². The van der Waals surface area contributed by atoms with E-state index in [1.165, 1.54) is 12.1 Å². The maximum atomic E-state index is 12.9. The molecule has 0 spiro atoms. The van der Waals surface area contributed by atoms with E-state index in [1.807, 2.05) is 0 Å². The Morgan fingerprint density at radius 2 is 1.90 bits per heavy atom. The van der Waals surface area contributed by atoms with Crippen molar-refractivity contribution in [3.05, 3.63) is 53.3 Å². The maximum absolute atomic E-state index is 12.9. The summed E-state index contributed by atoms with van der Waals surface area (Å²) in [6.45, 7) is 0.0237. The number of anilines is 1. The molecular weight excluding hydrogens is 297 g/mol. The number of ether oxygens (including phenoxy) is 2. The van der Waals surface area contributed by atoms with Gasteiger partial charge in [-0.25, -0.2) is 4.39 Å². The van der Waals surface area contributed by atoms with E-state index in [9.17, 15) is 9.50 Å². The van der Waals surface area contributed by atoms with Gasteiger partial charge in [-0.2, -0.15) is 0 Å². The Hall–Kier alpha value is -1.98. The fourth-order valence-corrected chi connectivity index (χ4v) is 1.84. The van der Waals surface area contributed by atoms with Crippen molar-refractivity contribution in [1.29, 1.82) is 0 Å². The molecule has 0 aliphatic heterocycles. The van der Waals surface area contributed by atoms with Crippen LogP contribution in [0, 0.1) is 5.82 Å². The summed E-state index contributed by atoms with van der Waals surface area (Å²) in [5.41, 5.74) is 6.20. The van der Waals surface area contributed by atoms with Crippen molar-refractivity contribution in [2.24, 2.45) is 0 Å².